The SMILES string of the molecule is O=C(O)CCCCCNC(=O)C1CC(=O)N(CC(F)(F)F)C1. The Kier molecular flexibility index (Phi) is 6.63. The van der Waals surface area contributed by atoms with Gasteiger partial charge in [0, 0.05) is 25.9 Å². The lowest BCUT2D eigenvalue weighted by molar-refractivity contribution is -0.157. The standard InChI is InChI=1S/C13H19F3N2O4/c14-13(15,16)8-18-7-9(6-10(18)19)12(22)17-5-3-1-2-4-11(20)21/h9H,1-8H2,(H,17,22)(H,20,21). The zero-order valence-corrected chi connectivity index (χ0v) is 12.0. The second-order valence-electron chi connectivity index (χ2n) is 5.29. The van der Waals surface area contributed by atoms with Gasteiger partial charge in [0.05, 0.1) is 5.92 Å². The number of likely N-dealkylation sites (tertiary alicyclic amines) is 1. The molecule has 1 unspecified atom stereocenters. The van der Waals surface area contributed by atoms with E-state index in [9.17, 15) is 27.6 Å². The molecule has 0 bridgehead atoms. The van der Waals surface area contributed by atoms with Gasteiger partial charge in [0.15, 0.2) is 0 Å². The van der Waals surface area contributed by atoms with Crippen LogP contribution in [-0.2, 0) is 14.4 Å². The second-order valence-corrected chi connectivity index (χ2v) is 5.29. The molecule has 0 spiro atoms. The number of alkyl halides is 3. The van der Waals surface area contributed by atoms with Crippen LogP contribution in [0.15, 0.2) is 0 Å². The molecule has 1 saturated heterocycles. The van der Waals surface area contributed by atoms with Crippen LogP contribution in [0, 0.1) is 5.92 Å². The molecule has 126 valence electrons. The number of amides is 2. The first-order chi connectivity index (χ1) is 10.2. The molecule has 2 N–H and O–H groups in total. The molecule has 22 heavy (non-hydrogen) atoms. The number of rotatable bonds is 8. The van der Waals surface area contributed by atoms with E-state index in [2.05, 4.69) is 5.32 Å². The van der Waals surface area contributed by atoms with E-state index in [0.717, 1.165) is 0 Å². The minimum Gasteiger partial charge on any atom is -0.481 e. The van der Waals surface area contributed by atoms with Crippen molar-refractivity contribution in [2.75, 3.05) is 19.6 Å². The number of aliphatic carboxylic acids is 1. The van der Waals surface area contributed by atoms with Crippen molar-refractivity contribution in [2.45, 2.75) is 38.3 Å². The van der Waals surface area contributed by atoms with E-state index in [1.54, 1.807) is 0 Å². The van der Waals surface area contributed by atoms with E-state index >= 15 is 0 Å². The molecule has 0 aromatic rings. The molecule has 6 nitrogen and oxygen atoms in total. The summed E-state index contributed by atoms with van der Waals surface area (Å²) in [6.45, 7) is -1.23. The van der Waals surface area contributed by atoms with Gasteiger partial charge in [-0.15, -0.1) is 0 Å². The molecular weight excluding hydrogens is 305 g/mol. The van der Waals surface area contributed by atoms with E-state index in [1.807, 2.05) is 0 Å². The zero-order chi connectivity index (χ0) is 16.8. The molecule has 1 aliphatic heterocycles. The first-order valence-corrected chi connectivity index (χ1v) is 7.03. The predicted molar refractivity (Wildman–Crippen MR) is 69.9 cm³/mol. The van der Waals surface area contributed by atoms with E-state index < -0.39 is 36.4 Å². The van der Waals surface area contributed by atoms with Gasteiger partial charge >= 0.3 is 12.1 Å². The van der Waals surface area contributed by atoms with Crippen LogP contribution in [0.4, 0.5) is 13.2 Å². The molecule has 0 aromatic heterocycles. The van der Waals surface area contributed by atoms with Gasteiger partial charge in [-0.3, -0.25) is 14.4 Å². The summed E-state index contributed by atoms with van der Waals surface area (Å²) < 4.78 is 36.8. The van der Waals surface area contributed by atoms with Crippen LogP contribution in [0.5, 0.6) is 0 Å². The summed E-state index contributed by atoms with van der Waals surface area (Å²) in [5.41, 5.74) is 0. The van der Waals surface area contributed by atoms with Crippen LogP contribution in [0.2, 0.25) is 0 Å². The van der Waals surface area contributed by atoms with Crippen LogP contribution in [0.1, 0.15) is 32.1 Å². The van der Waals surface area contributed by atoms with E-state index in [1.165, 1.54) is 0 Å². The summed E-state index contributed by atoms with van der Waals surface area (Å²) in [6, 6.07) is 0. The third-order valence-corrected chi connectivity index (χ3v) is 3.32. The van der Waals surface area contributed by atoms with Crippen LogP contribution < -0.4 is 5.32 Å². The minimum absolute atomic E-state index is 0.0669. The first kappa shape index (κ1) is 18.2. The van der Waals surface area contributed by atoms with Gasteiger partial charge in [-0.05, 0) is 12.8 Å². The van der Waals surface area contributed by atoms with Gasteiger partial charge in [0.2, 0.25) is 11.8 Å². The molecule has 0 aromatic carbocycles. The van der Waals surface area contributed by atoms with Crippen LogP contribution in [-0.4, -0.2) is 53.6 Å². The number of carbonyl (C=O) groups excluding carboxylic acids is 2. The smallest absolute Gasteiger partial charge is 0.406 e. The highest BCUT2D eigenvalue weighted by Gasteiger charge is 2.40. The van der Waals surface area contributed by atoms with Gasteiger partial charge in [0.1, 0.15) is 6.54 Å². The van der Waals surface area contributed by atoms with Crippen LogP contribution in [0.25, 0.3) is 0 Å². The van der Waals surface area contributed by atoms with E-state index in [-0.39, 0.29) is 19.4 Å². The highest BCUT2D eigenvalue weighted by molar-refractivity contribution is 5.89. The van der Waals surface area contributed by atoms with E-state index in [4.69, 9.17) is 5.11 Å². The van der Waals surface area contributed by atoms with Gasteiger partial charge in [-0.25, -0.2) is 0 Å². The quantitative estimate of drug-likeness (QED) is 0.656. The van der Waals surface area contributed by atoms with Crippen molar-refractivity contribution in [3.8, 4) is 0 Å². The number of carboxylic acid groups (broad SMARTS) is 1. The average molecular weight is 324 g/mol. The normalized spacial score (nSPS) is 18.6. The monoisotopic (exact) mass is 324 g/mol. The molecule has 1 rings (SSSR count). The highest BCUT2D eigenvalue weighted by atomic mass is 19.4. The molecule has 1 aliphatic rings. The van der Waals surface area contributed by atoms with E-state index in [0.29, 0.717) is 30.7 Å². The van der Waals surface area contributed by atoms with Crippen molar-refractivity contribution < 1.29 is 32.7 Å². The fraction of sp³-hybridized carbons (Fsp3) is 0.769. The number of unbranched alkanes of at least 4 members (excludes halogenated alkanes) is 2. The molecule has 0 aliphatic carbocycles. The van der Waals surface area contributed by atoms with Gasteiger partial charge in [-0.1, -0.05) is 6.42 Å². The molecular formula is C13H19F3N2O4. The second kappa shape index (κ2) is 8.00. The average Bonchev–Trinajstić information content (AvgIpc) is 2.72. The van der Waals surface area contributed by atoms with Gasteiger partial charge in [0.25, 0.3) is 0 Å². The summed E-state index contributed by atoms with van der Waals surface area (Å²) in [5.74, 6) is -2.73. The Labute approximate surface area is 125 Å². The molecule has 1 heterocycles. The summed E-state index contributed by atoms with van der Waals surface area (Å²) >= 11 is 0. The summed E-state index contributed by atoms with van der Waals surface area (Å²) in [5, 5.41) is 11.0. The molecule has 1 atom stereocenters. The minimum atomic E-state index is -4.47. The Morgan fingerprint density at radius 3 is 2.55 bits per heavy atom. The van der Waals surface area contributed by atoms with Crippen molar-refractivity contribution in [1.29, 1.82) is 0 Å². The van der Waals surface area contributed by atoms with Crippen molar-refractivity contribution >= 4 is 17.8 Å². The third-order valence-electron chi connectivity index (χ3n) is 3.32. The van der Waals surface area contributed by atoms with Gasteiger partial charge in [-0.2, -0.15) is 13.2 Å². The van der Waals surface area contributed by atoms with Crippen molar-refractivity contribution in [3.05, 3.63) is 0 Å². The maximum Gasteiger partial charge on any atom is 0.406 e. The van der Waals surface area contributed by atoms with Crippen molar-refractivity contribution in [3.63, 3.8) is 0 Å². The summed E-state index contributed by atoms with van der Waals surface area (Å²) in [6.07, 6.45) is -2.88. The summed E-state index contributed by atoms with van der Waals surface area (Å²) in [7, 11) is 0. The van der Waals surface area contributed by atoms with Crippen LogP contribution >= 0.6 is 0 Å². The number of carbonyl (C=O) groups is 3. The fourth-order valence-corrected chi connectivity index (χ4v) is 2.25. The Morgan fingerprint density at radius 1 is 1.27 bits per heavy atom. The number of hydrogen-bond acceptors (Lipinski definition) is 3. The topological polar surface area (TPSA) is 86.7 Å². The molecule has 9 heteroatoms. The third kappa shape index (κ3) is 6.77. The predicted octanol–water partition coefficient (Wildman–Crippen LogP) is 1.16. The maximum absolute atomic E-state index is 12.3. The molecule has 0 radical (unpaired) electrons. The number of carboxylic acids is 1. The highest BCUT2D eigenvalue weighted by Crippen LogP contribution is 2.23. The summed E-state index contributed by atoms with van der Waals surface area (Å²) in [4.78, 5) is 34.2. The number of nitrogens with zero attached hydrogens (tertiary/aromatic N) is 1. The number of nitrogens with one attached hydrogen (secondary N) is 1. The molecule has 0 saturated carbocycles. The Balaban J connectivity index is 2.24. The van der Waals surface area contributed by atoms with Crippen molar-refractivity contribution in [2.24, 2.45) is 5.92 Å². The zero-order valence-electron chi connectivity index (χ0n) is 12.0. The number of halogens is 3. The Hall–Kier alpha value is -1.80. The molecule has 1 fully saturated rings. The lowest BCUT2D eigenvalue weighted by atomic mass is 10.1. The van der Waals surface area contributed by atoms with Crippen LogP contribution in [0.3, 0.4) is 0 Å². The molecule has 2 amide bonds. The van der Waals surface area contributed by atoms with Crippen molar-refractivity contribution in [1.82, 2.24) is 10.2 Å². The fourth-order valence-electron chi connectivity index (χ4n) is 2.25. The lowest BCUT2D eigenvalue weighted by Gasteiger charge is -2.18. The Morgan fingerprint density at radius 2 is 1.95 bits per heavy atom. The Bertz CT molecular complexity index is 426. The lowest BCUT2D eigenvalue weighted by Crippen LogP contribution is -2.37. The maximum atomic E-state index is 12.3. The number of hydrogen-bond donors (Lipinski definition) is 2. The van der Waals surface area contributed by atoms with Gasteiger partial charge < -0.3 is 15.3 Å². The first-order valence-electron chi connectivity index (χ1n) is 7.03. The largest absolute Gasteiger partial charge is 0.481 e.